The van der Waals surface area contributed by atoms with E-state index in [1.54, 1.807) is 25.1 Å². The minimum Gasteiger partial charge on any atom is -0.487 e. The number of nitrogens with zero attached hydrogens (tertiary/aromatic N) is 1. The Kier molecular flexibility index (Phi) is 5.83. The number of para-hydroxylation sites is 1. The Morgan fingerprint density at radius 3 is 2.59 bits per heavy atom. The third-order valence-corrected chi connectivity index (χ3v) is 6.32. The van der Waals surface area contributed by atoms with E-state index < -0.39 is 27.6 Å². The predicted molar refractivity (Wildman–Crippen MR) is 115 cm³/mol. The molecule has 2 atom stereocenters. The number of carbonyl (C=O) groups is 1. The van der Waals surface area contributed by atoms with Gasteiger partial charge in [0.15, 0.2) is 0 Å². The Hall–Kier alpha value is -2.25. The molecule has 156 valence electrons. The van der Waals surface area contributed by atoms with E-state index in [-0.39, 0.29) is 6.04 Å². The van der Waals surface area contributed by atoms with Gasteiger partial charge in [0.1, 0.15) is 17.4 Å². The molecule has 0 fully saturated rings. The van der Waals surface area contributed by atoms with Crippen molar-refractivity contribution in [3.63, 3.8) is 0 Å². The van der Waals surface area contributed by atoms with Crippen molar-refractivity contribution in [2.24, 2.45) is 0 Å². The van der Waals surface area contributed by atoms with Crippen LogP contribution in [0.15, 0.2) is 48.5 Å². The van der Waals surface area contributed by atoms with Crippen LogP contribution in [0.25, 0.3) is 0 Å². The van der Waals surface area contributed by atoms with Gasteiger partial charge in [0, 0.05) is 17.0 Å². The topological polar surface area (TPSA) is 75.7 Å². The third kappa shape index (κ3) is 4.85. The number of ether oxygens (including phenoxy) is 1. The molecule has 29 heavy (non-hydrogen) atoms. The number of carbonyl (C=O) groups excluding carboxylic acids is 1. The van der Waals surface area contributed by atoms with Gasteiger partial charge in [0.25, 0.3) is 0 Å². The molecule has 6 nitrogen and oxygen atoms in total. The van der Waals surface area contributed by atoms with Gasteiger partial charge in [-0.25, -0.2) is 8.42 Å². The van der Waals surface area contributed by atoms with Gasteiger partial charge in [0.05, 0.1) is 18.0 Å². The van der Waals surface area contributed by atoms with E-state index in [0.29, 0.717) is 17.1 Å². The second kappa shape index (κ2) is 7.88. The molecular formula is C21H25ClN2O4S. The maximum Gasteiger partial charge on any atom is 0.244 e. The summed E-state index contributed by atoms with van der Waals surface area (Å²) < 4.78 is 32.0. The predicted octanol–water partition coefficient (Wildman–Crippen LogP) is 3.91. The summed E-state index contributed by atoms with van der Waals surface area (Å²) in [5.74, 6) is 0.324. The van der Waals surface area contributed by atoms with E-state index in [2.05, 4.69) is 5.32 Å². The molecule has 1 aliphatic rings. The van der Waals surface area contributed by atoms with Gasteiger partial charge in [-0.3, -0.25) is 9.10 Å². The summed E-state index contributed by atoms with van der Waals surface area (Å²) in [6.45, 7) is 5.48. The van der Waals surface area contributed by atoms with Gasteiger partial charge < -0.3 is 10.1 Å². The van der Waals surface area contributed by atoms with Crippen molar-refractivity contribution < 1.29 is 17.9 Å². The first kappa shape index (κ1) is 21.5. The zero-order valence-corrected chi connectivity index (χ0v) is 18.4. The number of hydrogen-bond acceptors (Lipinski definition) is 4. The van der Waals surface area contributed by atoms with E-state index in [1.165, 1.54) is 6.07 Å². The quantitative estimate of drug-likeness (QED) is 0.770. The molecular weight excluding hydrogens is 412 g/mol. The Morgan fingerprint density at radius 2 is 1.93 bits per heavy atom. The number of fused-ring (bicyclic) bond motifs is 1. The maximum atomic E-state index is 13.1. The summed E-state index contributed by atoms with van der Waals surface area (Å²) in [5, 5.41) is 3.40. The van der Waals surface area contributed by atoms with Gasteiger partial charge in [-0.2, -0.15) is 0 Å². The fraction of sp³-hybridized carbons (Fsp3) is 0.381. The lowest BCUT2D eigenvalue weighted by Gasteiger charge is -2.38. The number of halogens is 1. The summed E-state index contributed by atoms with van der Waals surface area (Å²) in [6, 6.07) is 12.7. The molecule has 1 N–H and O–H groups in total. The van der Waals surface area contributed by atoms with Crippen LogP contribution in [0, 0.1) is 0 Å². The van der Waals surface area contributed by atoms with Crippen LogP contribution in [0.4, 0.5) is 5.69 Å². The van der Waals surface area contributed by atoms with Crippen molar-refractivity contribution in [2.45, 2.75) is 44.9 Å². The van der Waals surface area contributed by atoms with Gasteiger partial charge in [0.2, 0.25) is 15.9 Å². The third-order valence-electron chi connectivity index (χ3n) is 4.84. The minimum atomic E-state index is -3.71. The minimum absolute atomic E-state index is 0.286. The van der Waals surface area contributed by atoms with Crippen molar-refractivity contribution in [2.75, 3.05) is 10.6 Å². The van der Waals surface area contributed by atoms with Crippen LogP contribution in [0.3, 0.4) is 0 Å². The highest BCUT2D eigenvalue weighted by atomic mass is 35.5. The number of rotatable bonds is 5. The highest BCUT2D eigenvalue weighted by Crippen LogP contribution is 2.39. The molecule has 8 heteroatoms. The summed E-state index contributed by atoms with van der Waals surface area (Å²) in [5.41, 5.74) is 0.760. The fourth-order valence-electron chi connectivity index (χ4n) is 3.65. The normalized spacial score (nSPS) is 18.9. The largest absolute Gasteiger partial charge is 0.487 e. The molecule has 0 radical (unpaired) electrons. The summed E-state index contributed by atoms with van der Waals surface area (Å²) in [6.07, 6.45) is 1.64. The van der Waals surface area contributed by atoms with Gasteiger partial charge in [-0.05, 0) is 45.0 Å². The van der Waals surface area contributed by atoms with Crippen molar-refractivity contribution >= 4 is 33.2 Å². The zero-order valence-electron chi connectivity index (χ0n) is 16.8. The lowest BCUT2D eigenvalue weighted by Crippen LogP contribution is -2.50. The molecule has 0 spiro atoms. The smallest absolute Gasteiger partial charge is 0.244 e. The van der Waals surface area contributed by atoms with Crippen molar-refractivity contribution in [1.29, 1.82) is 0 Å². The average Bonchev–Trinajstić information content (AvgIpc) is 2.59. The van der Waals surface area contributed by atoms with Gasteiger partial charge >= 0.3 is 0 Å². The first-order valence-corrected chi connectivity index (χ1v) is 11.5. The van der Waals surface area contributed by atoms with E-state index in [4.69, 9.17) is 16.3 Å². The fourth-order valence-corrected chi connectivity index (χ4v) is 5.00. The molecule has 1 amide bonds. The maximum absolute atomic E-state index is 13.1. The lowest BCUT2D eigenvalue weighted by molar-refractivity contribution is -0.123. The Bertz CT molecular complexity index is 1020. The van der Waals surface area contributed by atoms with Crippen LogP contribution in [0.5, 0.6) is 5.75 Å². The summed E-state index contributed by atoms with van der Waals surface area (Å²) in [4.78, 5) is 13.1. The number of hydrogen-bond donors (Lipinski definition) is 1. The van der Waals surface area contributed by atoms with E-state index in [1.807, 2.05) is 38.1 Å². The van der Waals surface area contributed by atoms with Crippen LogP contribution in [0.1, 0.15) is 38.8 Å². The zero-order chi connectivity index (χ0) is 21.4. The number of benzene rings is 2. The van der Waals surface area contributed by atoms with Crippen LogP contribution in [-0.2, 0) is 14.8 Å². The van der Waals surface area contributed by atoms with Crippen molar-refractivity contribution in [3.8, 4) is 5.75 Å². The second-order valence-electron chi connectivity index (χ2n) is 7.88. The van der Waals surface area contributed by atoms with Gasteiger partial charge in [-0.15, -0.1) is 0 Å². The number of anilines is 1. The number of sulfonamides is 1. The molecule has 3 rings (SSSR count). The first-order valence-electron chi connectivity index (χ1n) is 9.31. The van der Waals surface area contributed by atoms with E-state index in [9.17, 15) is 13.2 Å². The standard InChI is InChI=1S/C21H25ClN2O4S/c1-14(24(29(4,26)27)16-9-7-8-15(22)12-16)20(25)23-18-13-21(2,3)28-19-11-6-5-10-17(18)19/h5-12,14,18H,13H2,1-4H3,(H,23,25)/t14-,18+/m0/s1. The molecule has 2 aromatic rings. The molecule has 0 saturated carbocycles. The Balaban J connectivity index is 1.89. The molecule has 0 unspecified atom stereocenters. The van der Waals surface area contributed by atoms with Gasteiger partial charge in [-0.1, -0.05) is 35.9 Å². The lowest BCUT2D eigenvalue weighted by atomic mass is 9.89. The molecule has 0 aliphatic carbocycles. The molecule has 0 aromatic heterocycles. The highest BCUT2D eigenvalue weighted by molar-refractivity contribution is 7.92. The van der Waals surface area contributed by atoms with Crippen LogP contribution < -0.4 is 14.4 Å². The van der Waals surface area contributed by atoms with Crippen LogP contribution >= 0.6 is 11.6 Å². The molecule has 0 saturated heterocycles. The van der Waals surface area contributed by atoms with Crippen molar-refractivity contribution in [1.82, 2.24) is 5.32 Å². The highest BCUT2D eigenvalue weighted by Gasteiger charge is 2.36. The molecule has 2 aromatic carbocycles. The molecule has 0 bridgehead atoms. The summed E-state index contributed by atoms with van der Waals surface area (Å²) >= 11 is 6.03. The van der Waals surface area contributed by atoms with Crippen LogP contribution in [-0.4, -0.2) is 32.2 Å². The Labute approximate surface area is 176 Å². The molecule has 1 aliphatic heterocycles. The average molecular weight is 437 g/mol. The SMILES string of the molecule is C[C@@H](C(=O)N[C@@H]1CC(C)(C)Oc2ccccc21)N(c1cccc(Cl)c1)S(C)(=O)=O. The monoisotopic (exact) mass is 436 g/mol. The van der Waals surface area contributed by atoms with Crippen LogP contribution in [0.2, 0.25) is 5.02 Å². The second-order valence-corrected chi connectivity index (χ2v) is 10.2. The molecule has 1 heterocycles. The van der Waals surface area contributed by atoms with E-state index in [0.717, 1.165) is 21.9 Å². The Morgan fingerprint density at radius 1 is 1.24 bits per heavy atom. The number of nitrogens with one attached hydrogen (secondary N) is 1. The van der Waals surface area contributed by atoms with Crippen molar-refractivity contribution in [3.05, 3.63) is 59.1 Å². The van der Waals surface area contributed by atoms with E-state index >= 15 is 0 Å². The summed E-state index contributed by atoms with van der Waals surface area (Å²) in [7, 11) is -3.71. The number of amides is 1. The first-order chi connectivity index (χ1) is 13.5.